The monoisotopic (exact) mass is 248 g/mol. The number of nitrogens with zero attached hydrogens (tertiary/aromatic N) is 1. The molecule has 0 bridgehead atoms. The van der Waals surface area contributed by atoms with Crippen LogP contribution in [0.25, 0.3) is 11.1 Å². The molecule has 1 atom stereocenters. The quantitative estimate of drug-likeness (QED) is 0.713. The molecule has 2 rings (SSSR count). The van der Waals surface area contributed by atoms with Crippen LogP contribution in [0.1, 0.15) is 17.7 Å². The van der Waals surface area contributed by atoms with E-state index in [0.717, 1.165) is 16.7 Å². The van der Waals surface area contributed by atoms with Gasteiger partial charge in [0.2, 0.25) is 0 Å². The second kappa shape index (κ2) is 4.63. The van der Waals surface area contributed by atoms with Gasteiger partial charge in [0.25, 0.3) is 0 Å². The number of benzene rings is 1. The molecular formula is C12H12N2O2S. The predicted molar refractivity (Wildman–Crippen MR) is 69.4 cm³/mol. The minimum atomic E-state index is -0.390. The van der Waals surface area contributed by atoms with Crippen molar-refractivity contribution in [3.63, 3.8) is 0 Å². The Hall–Kier alpha value is -1.75. The van der Waals surface area contributed by atoms with Gasteiger partial charge in [-0.2, -0.15) is 12.6 Å². The Balaban J connectivity index is 2.44. The molecule has 0 aliphatic heterocycles. The van der Waals surface area contributed by atoms with Crippen LogP contribution < -0.4 is 5.69 Å². The Morgan fingerprint density at radius 2 is 2.18 bits per heavy atom. The smallest absolute Gasteiger partial charge is 0.344 e. The van der Waals surface area contributed by atoms with E-state index in [0.29, 0.717) is 0 Å². The topological polar surface area (TPSA) is 66.0 Å². The molecule has 0 saturated heterocycles. The minimum absolute atomic E-state index is 0.0299. The number of aromatic hydroxyl groups is 1. The summed E-state index contributed by atoms with van der Waals surface area (Å²) < 4.78 is 0. The zero-order valence-electron chi connectivity index (χ0n) is 9.21. The van der Waals surface area contributed by atoms with Crippen LogP contribution in [0.3, 0.4) is 0 Å². The van der Waals surface area contributed by atoms with Gasteiger partial charge >= 0.3 is 5.69 Å². The number of rotatable bonds is 2. The van der Waals surface area contributed by atoms with E-state index in [1.54, 1.807) is 12.3 Å². The molecule has 17 heavy (non-hydrogen) atoms. The third kappa shape index (κ3) is 2.50. The maximum atomic E-state index is 10.8. The molecule has 4 nitrogen and oxygen atoms in total. The highest BCUT2D eigenvalue weighted by molar-refractivity contribution is 7.80. The van der Waals surface area contributed by atoms with Crippen molar-refractivity contribution < 1.29 is 5.11 Å². The number of phenols is 1. The van der Waals surface area contributed by atoms with E-state index in [1.807, 2.05) is 19.1 Å². The van der Waals surface area contributed by atoms with E-state index in [4.69, 9.17) is 0 Å². The van der Waals surface area contributed by atoms with Crippen LogP contribution in [0.5, 0.6) is 5.75 Å². The molecule has 2 N–H and O–H groups in total. The van der Waals surface area contributed by atoms with Crippen LogP contribution >= 0.6 is 12.6 Å². The van der Waals surface area contributed by atoms with Crippen molar-refractivity contribution in [3.8, 4) is 16.9 Å². The van der Waals surface area contributed by atoms with Crippen molar-refractivity contribution in [2.24, 2.45) is 0 Å². The van der Waals surface area contributed by atoms with E-state index in [1.165, 1.54) is 6.20 Å². The highest BCUT2D eigenvalue weighted by atomic mass is 32.1. The van der Waals surface area contributed by atoms with Crippen molar-refractivity contribution in [1.29, 1.82) is 0 Å². The maximum Gasteiger partial charge on any atom is 0.344 e. The molecule has 0 fully saturated rings. The summed E-state index contributed by atoms with van der Waals surface area (Å²) in [7, 11) is 0. The average Bonchev–Trinajstić information content (AvgIpc) is 2.29. The predicted octanol–water partition coefficient (Wildman–Crippen LogP) is 2.13. The Labute approximate surface area is 104 Å². The van der Waals surface area contributed by atoms with Crippen molar-refractivity contribution in [2.75, 3.05) is 0 Å². The molecule has 88 valence electrons. The van der Waals surface area contributed by atoms with E-state index in [9.17, 15) is 9.90 Å². The van der Waals surface area contributed by atoms with Gasteiger partial charge in [-0.1, -0.05) is 12.1 Å². The molecule has 5 heteroatoms. The molecule has 2 aromatic rings. The first kappa shape index (κ1) is 11.7. The largest absolute Gasteiger partial charge is 0.508 e. The summed E-state index contributed by atoms with van der Waals surface area (Å²) in [5.74, 6) is 0.191. The molecule has 0 aliphatic carbocycles. The number of hydrogen-bond acceptors (Lipinski definition) is 4. The average molecular weight is 248 g/mol. The summed E-state index contributed by atoms with van der Waals surface area (Å²) >= 11 is 4.27. The van der Waals surface area contributed by atoms with Crippen LogP contribution in [0, 0.1) is 0 Å². The fourth-order valence-electron chi connectivity index (χ4n) is 1.58. The van der Waals surface area contributed by atoms with Crippen LogP contribution in [0.4, 0.5) is 0 Å². The highest BCUT2D eigenvalue weighted by Gasteiger charge is 2.08. The normalized spacial score (nSPS) is 12.4. The number of H-pyrrole nitrogens is 1. The van der Waals surface area contributed by atoms with Crippen molar-refractivity contribution in [2.45, 2.75) is 12.2 Å². The number of phenolic OH excluding ortho intramolecular Hbond substituents is 1. The molecule has 0 saturated carbocycles. The van der Waals surface area contributed by atoms with Crippen molar-refractivity contribution in [1.82, 2.24) is 9.97 Å². The fourth-order valence-corrected chi connectivity index (χ4v) is 1.79. The second-order valence-corrected chi connectivity index (χ2v) is 4.53. The molecule has 0 spiro atoms. The molecule has 1 aromatic carbocycles. The maximum absolute atomic E-state index is 10.8. The van der Waals surface area contributed by atoms with E-state index >= 15 is 0 Å². The first-order valence-electron chi connectivity index (χ1n) is 5.14. The summed E-state index contributed by atoms with van der Waals surface area (Å²) in [5.41, 5.74) is 1.93. The summed E-state index contributed by atoms with van der Waals surface area (Å²) in [6.07, 6.45) is 3.03. The number of nitrogens with one attached hydrogen (secondary N) is 1. The Morgan fingerprint density at radius 1 is 1.41 bits per heavy atom. The third-order valence-corrected chi connectivity index (χ3v) is 2.76. The minimum Gasteiger partial charge on any atom is -0.508 e. The van der Waals surface area contributed by atoms with Gasteiger partial charge in [-0.15, -0.1) is 0 Å². The lowest BCUT2D eigenvalue weighted by molar-refractivity contribution is 0.469. The summed E-state index contributed by atoms with van der Waals surface area (Å²) in [4.78, 5) is 17.0. The van der Waals surface area contributed by atoms with Crippen molar-refractivity contribution >= 4 is 12.6 Å². The van der Waals surface area contributed by atoms with Gasteiger partial charge in [0.05, 0.1) is 0 Å². The molecule has 1 aromatic heterocycles. The summed E-state index contributed by atoms with van der Waals surface area (Å²) in [6.45, 7) is 1.89. The molecule has 0 aliphatic rings. The standard InChI is InChI=1S/C12H12N2O2S/c1-7(17)10-3-2-8(4-11(10)15)9-5-13-12(16)14-6-9/h2-7,15,17H,1H3,(H,13,14,16). The first-order valence-corrected chi connectivity index (χ1v) is 5.65. The number of thiol groups is 1. The fraction of sp³-hybridized carbons (Fsp3) is 0.167. The SMILES string of the molecule is CC(S)c1ccc(-c2cnc(=O)[nH]c2)cc1O. The number of aromatic amines is 1. The molecular weight excluding hydrogens is 236 g/mol. The van der Waals surface area contributed by atoms with Crippen LogP contribution in [0.15, 0.2) is 35.4 Å². The lowest BCUT2D eigenvalue weighted by atomic mass is 10.0. The Morgan fingerprint density at radius 3 is 2.71 bits per heavy atom. The van der Waals surface area contributed by atoms with Crippen molar-refractivity contribution in [3.05, 3.63) is 46.6 Å². The van der Waals surface area contributed by atoms with Gasteiger partial charge in [0.1, 0.15) is 5.75 Å². The lowest BCUT2D eigenvalue weighted by Crippen LogP contribution is -2.07. The summed E-state index contributed by atoms with van der Waals surface area (Å²) in [5, 5.41) is 9.81. The summed E-state index contributed by atoms with van der Waals surface area (Å²) in [6, 6.07) is 5.31. The Kier molecular flexibility index (Phi) is 3.19. The van der Waals surface area contributed by atoms with Gasteiger partial charge < -0.3 is 10.1 Å². The molecule has 0 radical (unpaired) electrons. The van der Waals surface area contributed by atoms with Gasteiger partial charge in [-0.05, 0) is 18.6 Å². The van der Waals surface area contributed by atoms with E-state index in [2.05, 4.69) is 22.6 Å². The number of hydrogen-bond donors (Lipinski definition) is 3. The first-order chi connectivity index (χ1) is 8.08. The lowest BCUT2D eigenvalue weighted by Gasteiger charge is -2.09. The van der Waals surface area contributed by atoms with E-state index in [-0.39, 0.29) is 11.0 Å². The van der Waals surface area contributed by atoms with Crippen LogP contribution in [0.2, 0.25) is 0 Å². The molecule has 1 heterocycles. The third-order valence-electron chi connectivity index (χ3n) is 2.49. The van der Waals surface area contributed by atoms with Crippen LogP contribution in [-0.2, 0) is 0 Å². The zero-order valence-corrected chi connectivity index (χ0v) is 10.1. The molecule has 1 unspecified atom stereocenters. The molecule has 0 amide bonds. The second-order valence-electron chi connectivity index (χ2n) is 3.76. The van der Waals surface area contributed by atoms with Gasteiger partial charge in [0.15, 0.2) is 0 Å². The van der Waals surface area contributed by atoms with Gasteiger partial charge in [-0.25, -0.2) is 9.78 Å². The highest BCUT2D eigenvalue weighted by Crippen LogP contribution is 2.31. The Bertz CT molecular complexity index is 573. The van der Waals surface area contributed by atoms with Gasteiger partial charge in [-0.3, -0.25) is 0 Å². The van der Waals surface area contributed by atoms with Crippen LogP contribution in [-0.4, -0.2) is 15.1 Å². The zero-order chi connectivity index (χ0) is 12.4. The number of aromatic nitrogens is 2. The van der Waals surface area contributed by atoms with Gasteiger partial charge in [0, 0.05) is 28.8 Å². The van der Waals surface area contributed by atoms with E-state index < -0.39 is 5.69 Å².